The molecule has 0 aromatic rings. The predicted octanol–water partition coefficient (Wildman–Crippen LogP) is 1.09. The molecule has 0 heterocycles. The van der Waals surface area contributed by atoms with Gasteiger partial charge in [-0.05, 0) is 6.42 Å². The third-order valence-corrected chi connectivity index (χ3v) is 0.348. The van der Waals surface area contributed by atoms with Crippen molar-refractivity contribution < 1.29 is 4.84 Å². The first-order chi connectivity index (χ1) is 2.91. The summed E-state index contributed by atoms with van der Waals surface area (Å²) in [5.41, 5.74) is 0. The first-order valence-corrected chi connectivity index (χ1v) is 1.86. The molecular formula is C3H7NO2. The van der Waals surface area contributed by atoms with E-state index in [-0.39, 0.29) is 0 Å². The zero-order chi connectivity index (χ0) is 4.83. The van der Waals surface area contributed by atoms with Gasteiger partial charge in [0.05, 0.1) is 0 Å². The molecule has 0 unspecified atom stereocenters. The maximum Gasteiger partial charge on any atom is 0.155 e. The van der Waals surface area contributed by atoms with Crippen molar-refractivity contribution in [2.75, 3.05) is 6.61 Å². The fourth-order valence-electron chi connectivity index (χ4n) is 0.129. The lowest BCUT2D eigenvalue weighted by Crippen LogP contribution is -1.79. The van der Waals surface area contributed by atoms with Gasteiger partial charge in [-0.25, -0.2) is 0 Å². The van der Waals surface area contributed by atoms with Crippen LogP contribution in [0.5, 0.6) is 0 Å². The molecule has 0 rings (SSSR count). The Kier molecular flexibility index (Phi) is 3.96. The van der Waals surface area contributed by atoms with Gasteiger partial charge in [0.2, 0.25) is 0 Å². The van der Waals surface area contributed by atoms with Crippen LogP contribution in [0.4, 0.5) is 0 Å². The van der Waals surface area contributed by atoms with Crippen molar-refractivity contribution in [2.45, 2.75) is 13.3 Å². The standard InChI is InChI=1S/C3H7NO2/c1-2-3-6-4-5/h2-3H2,1H3. The number of hydrogen-bond donors (Lipinski definition) is 0. The van der Waals surface area contributed by atoms with Crippen LogP contribution in [0, 0.1) is 4.91 Å². The minimum atomic E-state index is 0.434. The van der Waals surface area contributed by atoms with Crippen molar-refractivity contribution in [3.05, 3.63) is 4.91 Å². The van der Waals surface area contributed by atoms with Crippen LogP contribution in [0.25, 0.3) is 0 Å². The maximum absolute atomic E-state index is 9.09. The van der Waals surface area contributed by atoms with Crippen LogP contribution in [0.1, 0.15) is 13.3 Å². The van der Waals surface area contributed by atoms with Gasteiger partial charge in [0, 0.05) is 0 Å². The van der Waals surface area contributed by atoms with Crippen LogP contribution in [-0.2, 0) is 4.84 Å². The molecule has 0 aliphatic heterocycles. The average Bonchev–Trinajstić information content (AvgIpc) is 1.61. The zero-order valence-corrected chi connectivity index (χ0v) is 3.68. The van der Waals surface area contributed by atoms with Gasteiger partial charge < -0.3 is 4.84 Å². The SMILES string of the molecule is CCCON=O. The van der Waals surface area contributed by atoms with Gasteiger partial charge in [-0.3, -0.25) is 0 Å². The highest BCUT2D eigenvalue weighted by molar-refractivity contribution is 4.16. The molecule has 0 spiro atoms. The van der Waals surface area contributed by atoms with Gasteiger partial charge in [-0.1, -0.05) is 6.92 Å². The van der Waals surface area contributed by atoms with E-state index in [9.17, 15) is 0 Å². The number of rotatable bonds is 3. The highest BCUT2D eigenvalue weighted by Gasteiger charge is 1.73. The molecular weight excluding hydrogens is 82.0 g/mol. The second-order valence-corrected chi connectivity index (χ2v) is 0.908. The molecule has 0 bridgehead atoms. The Morgan fingerprint density at radius 3 is 2.67 bits per heavy atom. The van der Waals surface area contributed by atoms with E-state index in [1.54, 1.807) is 0 Å². The molecule has 0 aliphatic rings. The van der Waals surface area contributed by atoms with Gasteiger partial charge >= 0.3 is 0 Å². The smallest absolute Gasteiger partial charge is 0.155 e. The third kappa shape index (κ3) is 3.40. The average molecular weight is 89.1 g/mol. The molecule has 0 N–H and O–H groups in total. The molecule has 0 radical (unpaired) electrons. The summed E-state index contributed by atoms with van der Waals surface area (Å²) in [6, 6.07) is 0. The zero-order valence-electron chi connectivity index (χ0n) is 3.68. The van der Waals surface area contributed by atoms with Gasteiger partial charge in [0.25, 0.3) is 0 Å². The van der Waals surface area contributed by atoms with Crippen molar-refractivity contribution in [3.8, 4) is 0 Å². The molecule has 0 amide bonds. The Bertz CT molecular complexity index is 37.8. The quantitative estimate of drug-likeness (QED) is 0.295. The normalized spacial score (nSPS) is 7.50. The highest BCUT2D eigenvalue weighted by Crippen LogP contribution is 1.76. The summed E-state index contributed by atoms with van der Waals surface area (Å²) in [5.74, 6) is 0. The van der Waals surface area contributed by atoms with Crippen LogP contribution < -0.4 is 0 Å². The number of nitrogens with zero attached hydrogens (tertiary/aromatic N) is 1. The third-order valence-electron chi connectivity index (χ3n) is 0.348. The lowest BCUT2D eigenvalue weighted by Gasteiger charge is -1.83. The Hall–Kier alpha value is -0.600. The highest BCUT2D eigenvalue weighted by atomic mass is 16.7. The van der Waals surface area contributed by atoms with E-state index in [0.717, 1.165) is 6.42 Å². The van der Waals surface area contributed by atoms with Crippen molar-refractivity contribution in [2.24, 2.45) is 5.34 Å². The summed E-state index contributed by atoms with van der Waals surface area (Å²) in [4.78, 5) is 13.1. The van der Waals surface area contributed by atoms with Gasteiger partial charge in [-0.15, -0.1) is 4.91 Å². The molecule has 0 aliphatic carbocycles. The van der Waals surface area contributed by atoms with Crippen molar-refractivity contribution in [1.29, 1.82) is 0 Å². The van der Waals surface area contributed by atoms with Gasteiger partial charge in [0.15, 0.2) is 5.34 Å². The monoisotopic (exact) mass is 89.0 g/mol. The number of hydrogen-bond acceptors (Lipinski definition) is 3. The molecule has 3 nitrogen and oxygen atoms in total. The Balaban J connectivity index is 2.49. The second-order valence-electron chi connectivity index (χ2n) is 0.908. The van der Waals surface area contributed by atoms with Gasteiger partial charge in [-0.2, -0.15) is 0 Å². The van der Waals surface area contributed by atoms with E-state index >= 15 is 0 Å². The molecule has 36 valence electrons. The fraction of sp³-hybridized carbons (Fsp3) is 1.00. The van der Waals surface area contributed by atoms with Crippen molar-refractivity contribution >= 4 is 0 Å². The van der Waals surface area contributed by atoms with Crippen LogP contribution in [0.2, 0.25) is 0 Å². The second kappa shape index (κ2) is 4.40. The fourth-order valence-corrected chi connectivity index (χ4v) is 0.129. The summed E-state index contributed by atoms with van der Waals surface area (Å²) >= 11 is 0. The molecule has 0 fully saturated rings. The largest absolute Gasteiger partial charge is 0.364 e. The Morgan fingerprint density at radius 2 is 2.50 bits per heavy atom. The van der Waals surface area contributed by atoms with Crippen LogP contribution >= 0.6 is 0 Å². The summed E-state index contributed by atoms with van der Waals surface area (Å²) in [7, 11) is 0. The molecule has 0 aromatic heterocycles. The molecule has 3 heteroatoms. The van der Waals surface area contributed by atoms with Crippen molar-refractivity contribution in [1.82, 2.24) is 0 Å². The van der Waals surface area contributed by atoms with E-state index < -0.39 is 0 Å². The minimum Gasteiger partial charge on any atom is -0.364 e. The first kappa shape index (κ1) is 5.40. The van der Waals surface area contributed by atoms with Crippen molar-refractivity contribution in [3.63, 3.8) is 0 Å². The van der Waals surface area contributed by atoms with Crippen LogP contribution in [0.3, 0.4) is 0 Å². The minimum absolute atomic E-state index is 0.434. The van der Waals surface area contributed by atoms with E-state index in [0.29, 0.717) is 6.61 Å². The molecule has 0 saturated carbocycles. The summed E-state index contributed by atoms with van der Waals surface area (Å²) in [6.07, 6.45) is 0.839. The molecule has 0 saturated heterocycles. The van der Waals surface area contributed by atoms with Gasteiger partial charge in [0.1, 0.15) is 6.61 Å². The van der Waals surface area contributed by atoms with Crippen LogP contribution in [-0.4, -0.2) is 6.61 Å². The Labute approximate surface area is 36.2 Å². The predicted molar refractivity (Wildman–Crippen MR) is 22.0 cm³/mol. The Morgan fingerprint density at radius 1 is 1.83 bits per heavy atom. The summed E-state index contributed by atoms with van der Waals surface area (Å²) in [6.45, 7) is 2.34. The van der Waals surface area contributed by atoms with E-state index in [1.807, 2.05) is 6.92 Å². The molecule has 6 heavy (non-hydrogen) atoms. The molecule has 0 aromatic carbocycles. The molecule has 0 atom stereocenters. The lowest BCUT2D eigenvalue weighted by molar-refractivity contribution is 0.140. The van der Waals surface area contributed by atoms with E-state index in [4.69, 9.17) is 4.91 Å². The van der Waals surface area contributed by atoms with E-state index in [2.05, 4.69) is 10.2 Å². The topological polar surface area (TPSA) is 38.7 Å². The summed E-state index contributed by atoms with van der Waals surface area (Å²) < 4.78 is 0. The maximum atomic E-state index is 9.09. The summed E-state index contributed by atoms with van der Waals surface area (Å²) in [5, 5.41) is 2.18. The van der Waals surface area contributed by atoms with E-state index in [1.165, 1.54) is 0 Å². The first-order valence-electron chi connectivity index (χ1n) is 1.86. The lowest BCUT2D eigenvalue weighted by atomic mass is 10.5. The van der Waals surface area contributed by atoms with Crippen LogP contribution in [0.15, 0.2) is 5.34 Å².